The Labute approximate surface area is 104 Å². The molecule has 1 aliphatic carbocycles. The van der Waals surface area contributed by atoms with Gasteiger partial charge in [0.25, 0.3) is 0 Å². The summed E-state index contributed by atoms with van der Waals surface area (Å²) in [5, 5.41) is 9.44. The summed E-state index contributed by atoms with van der Waals surface area (Å²) in [5.74, 6) is 1.82. The highest BCUT2D eigenvalue weighted by Gasteiger charge is 2.24. The van der Waals surface area contributed by atoms with E-state index in [1.54, 1.807) is 6.07 Å². The van der Waals surface area contributed by atoms with Crippen LogP contribution in [0.3, 0.4) is 0 Å². The fraction of sp³-hybridized carbons (Fsp3) is 0.600. The van der Waals surface area contributed by atoms with Gasteiger partial charge in [-0.1, -0.05) is 31.9 Å². The molecule has 3 N–H and O–H groups in total. The van der Waals surface area contributed by atoms with Crippen LogP contribution in [0.4, 0.5) is 0 Å². The zero-order chi connectivity index (χ0) is 12.3. The molecule has 0 heterocycles. The van der Waals surface area contributed by atoms with Gasteiger partial charge in [-0.25, -0.2) is 0 Å². The van der Waals surface area contributed by atoms with Gasteiger partial charge in [0, 0.05) is 6.04 Å². The van der Waals surface area contributed by atoms with Gasteiger partial charge in [0.1, 0.15) is 5.75 Å². The Morgan fingerprint density at radius 1 is 1.41 bits per heavy atom. The summed E-state index contributed by atoms with van der Waals surface area (Å²) in [6.07, 6.45) is 6.09. The number of benzene rings is 1. The van der Waals surface area contributed by atoms with Gasteiger partial charge in [-0.2, -0.15) is 0 Å². The molecule has 0 aromatic heterocycles. The highest BCUT2D eigenvalue weighted by molar-refractivity contribution is 5.27. The van der Waals surface area contributed by atoms with Gasteiger partial charge >= 0.3 is 0 Å². The van der Waals surface area contributed by atoms with E-state index in [4.69, 9.17) is 5.73 Å². The molecule has 2 rings (SSSR count). The van der Waals surface area contributed by atoms with E-state index in [9.17, 15) is 5.11 Å². The van der Waals surface area contributed by atoms with Gasteiger partial charge in [0.15, 0.2) is 0 Å². The van der Waals surface area contributed by atoms with E-state index in [1.165, 1.54) is 25.7 Å². The Hall–Kier alpha value is -1.02. The lowest BCUT2D eigenvalue weighted by Gasteiger charge is -2.31. The zero-order valence-electron chi connectivity index (χ0n) is 10.6. The van der Waals surface area contributed by atoms with Crippen LogP contribution in [0.15, 0.2) is 24.3 Å². The summed E-state index contributed by atoms with van der Waals surface area (Å²) < 4.78 is 0. The number of phenols is 1. The summed E-state index contributed by atoms with van der Waals surface area (Å²) >= 11 is 0. The maximum Gasteiger partial charge on any atom is 0.115 e. The second-order valence-electron chi connectivity index (χ2n) is 5.57. The SMILES string of the molecule is CC1CCCC(C(N)Cc2cccc(O)c2)C1. The zero-order valence-corrected chi connectivity index (χ0v) is 10.6. The third kappa shape index (κ3) is 3.47. The lowest BCUT2D eigenvalue weighted by atomic mass is 9.77. The van der Waals surface area contributed by atoms with Crippen molar-refractivity contribution in [3.8, 4) is 5.75 Å². The molecule has 0 amide bonds. The number of rotatable bonds is 3. The first-order chi connectivity index (χ1) is 8.15. The molecular weight excluding hydrogens is 210 g/mol. The Morgan fingerprint density at radius 2 is 2.24 bits per heavy atom. The van der Waals surface area contributed by atoms with Crippen molar-refractivity contribution in [2.45, 2.75) is 45.1 Å². The van der Waals surface area contributed by atoms with Crippen LogP contribution in [0.5, 0.6) is 5.75 Å². The number of nitrogens with two attached hydrogens (primary N) is 1. The molecule has 1 saturated carbocycles. The molecule has 1 fully saturated rings. The van der Waals surface area contributed by atoms with Gasteiger partial charge in [-0.15, -0.1) is 0 Å². The Kier molecular flexibility index (Phi) is 4.06. The average Bonchev–Trinajstić information content (AvgIpc) is 2.29. The van der Waals surface area contributed by atoms with Crippen LogP contribution >= 0.6 is 0 Å². The molecule has 94 valence electrons. The van der Waals surface area contributed by atoms with Crippen LogP contribution in [0.25, 0.3) is 0 Å². The van der Waals surface area contributed by atoms with Crippen molar-refractivity contribution < 1.29 is 5.11 Å². The molecule has 3 atom stereocenters. The third-order valence-corrected chi connectivity index (χ3v) is 3.96. The Bertz CT molecular complexity index is 364. The molecular formula is C15H23NO. The van der Waals surface area contributed by atoms with Crippen LogP contribution < -0.4 is 5.73 Å². The summed E-state index contributed by atoms with van der Waals surface area (Å²) in [6, 6.07) is 7.70. The summed E-state index contributed by atoms with van der Waals surface area (Å²) in [4.78, 5) is 0. The van der Waals surface area contributed by atoms with E-state index in [-0.39, 0.29) is 6.04 Å². The Morgan fingerprint density at radius 3 is 2.94 bits per heavy atom. The van der Waals surface area contributed by atoms with Gasteiger partial charge in [-0.05, 0) is 48.8 Å². The molecule has 0 spiro atoms. The lowest BCUT2D eigenvalue weighted by Crippen LogP contribution is -2.35. The quantitative estimate of drug-likeness (QED) is 0.842. The normalized spacial score (nSPS) is 26.7. The molecule has 0 radical (unpaired) electrons. The van der Waals surface area contributed by atoms with Crippen molar-refractivity contribution in [1.29, 1.82) is 0 Å². The number of phenolic OH excluding ortho intramolecular Hbond substituents is 1. The van der Waals surface area contributed by atoms with Crippen molar-refractivity contribution >= 4 is 0 Å². The molecule has 1 aromatic rings. The van der Waals surface area contributed by atoms with Crippen molar-refractivity contribution in [2.75, 3.05) is 0 Å². The van der Waals surface area contributed by atoms with Crippen molar-refractivity contribution in [2.24, 2.45) is 17.6 Å². The van der Waals surface area contributed by atoms with E-state index in [0.29, 0.717) is 11.7 Å². The maximum atomic E-state index is 9.44. The molecule has 0 aliphatic heterocycles. The minimum atomic E-state index is 0.236. The molecule has 2 nitrogen and oxygen atoms in total. The minimum Gasteiger partial charge on any atom is -0.508 e. The number of aromatic hydroxyl groups is 1. The van der Waals surface area contributed by atoms with E-state index >= 15 is 0 Å². The number of hydrogen-bond acceptors (Lipinski definition) is 2. The predicted molar refractivity (Wildman–Crippen MR) is 70.9 cm³/mol. The molecule has 0 bridgehead atoms. The molecule has 2 heteroatoms. The second kappa shape index (κ2) is 5.54. The minimum absolute atomic E-state index is 0.236. The standard InChI is InChI=1S/C15H23NO/c1-11-4-2-6-13(8-11)15(16)10-12-5-3-7-14(17)9-12/h3,5,7,9,11,13,15,17H,2,4,6,8,10,16H2,1H3. The topological polar surface area (TPSA) is 46.2 Å². The molecule has 1 aromatic carbocycles. The van der Waals surface area contributed by atoms with Crippen LogP contribution in [0.2, 0.25) is 0 Å². The molecule has 17 heavy (non-hydrogen) atoms. The number of hydrogen-bond donors (Lipinski definition) is 2. The largest absolute Gasteiger partial charge is 0.508 e. The third-order valence-electron chi connectivity index (χ3n) is 3.96. The summed E-state index contributed by atoms with van der Waals surface area (Å²) in [6.45, 7) is 2.33. The van der Waals surface area contributed by atoms with Gasteiger partial charge < -0.3 is 10.8 Å². The first-order valence-corrected chi connectivity index (χ1v) is 6.68. The highest BCUT2D eigenvalue weighted by atomic mass is 16.3. The maximum absolute atomic E-state index is 9.44. The summed E-state index contributed by atoms with van der Waals surface area (Å²) in [7, 11) is 0. The first kappa shape index (κ1) is 12.4. The van der Waals surface area contributed by atoms with Crippen molar-refractivity contribution in [1.82, 2.24) is 0 Å². The van der Waals surface area contributed by atoms with Crippen LogP contribution in [0.1, 0.15) is 38.2 Å². The van der Waals surface area contributed by atoms with Crippen LogP contribution in [-0.4, -0.2) is 11.1 Å². The van der Waals surface area contributed by atoms with Crippen molar-refractivity contribution in [3.63, 3.8) is 0 Å². The van der Waals surface area contributed by atoms with Gasteiger partial charge in [0.05, 0.1) is 0 Å². The van der Waals surface area contributed by atoms with Crippen LogP contribution in [-0.2, 0) is 6.42 Å². The predicted octanol–water partition coefficient (Wildman–Crippen LogP) is 3.09. The van der Waals surface area contributed by atoms with Crippen LogP contribution in [0, 0.1) is 11.8 Å². The lowest BCUT2D eigenvalue weighted by molar-refractivity contribution is 0.245. The average molecular weight is 233 g/mol. The van der Waals surface area contributed by atoms with E-state index in [0.717, 1.165) is 17.9 Å². The van der Waals surface area contributed by atoms with Gasteiger partial charge in [0.2, 0.25) is 0 Å². The highest BCUT2D eigenvalue weighted by Crippen LogP contribution is 2.31. The van der Waals surface area contributed by atoms with E-state index in [1.807, 2.05) is 18.2 Å². The fourth-order valence-electron chi connectivity index (χ4n) is 2.99. The van der Waals surface area contributed by atoms with Gasteiger partial charge in [-0.3, -0.25) is 0 Å². The first-order valence-electron chi connectivity index (χ1n) is 6.68. The molecule has 1 aliphatic rings. The fourth-order valence-corrected chi connectivity index (χ4v) is 2.99. The smallest absolute Gasteiger partial charge is 0.115 e. The summed E-state index contributed by atoms with van der Waals surface area (Å²) in [5.41, 5.74) is 7.46. The Balaban J connectivity index is 1.94. The van der Waals surface area contributed by atoms with E-state index < -0.39 is 0 Å². The monoisotopic (exact) mass is 233 g/mol. The van der Waals surface area contributed by atoms with E-state index in [2.05, 4.69) is 6.92 Å². The van der Waals surface area contributed by atoms with Crippen molar-refractivity contribution in [3.05, 3.63) is 29.8 Å². The molecule has 0 saturated heterocycles. The molecule has 3 unspecified atom stereocenters. The second-order valence-corrected chi connectivity index (χ2v) is 5.57.